The zero-order valence-electron chi connectivity index (χ0n) is 9.97. The molecule has 1 amide bonds. The van der Waals surface area contributed by atoms with Crippen molar-refractivity contribution in [2.45, 2.75) is 6.92 Å². The van der Waals surface area contributed by atoms with Crippen LogP contribution in [0.25, 0.3) is 0 Å². The monoisotopic (exact) mass is 242 g/mol. The molecule has 0 atom stereocenters. The van der Waals surface area contributed by atoms with Crippen molar-refractivity contribution in [1.29, 1.82) is 0 Å². The van der Waals surface area contributed by atoms with Gasteiger partial charge in [0.05, 0.1) is 5.69 Å². The Labute approximate surface area is 105 Å². The Morgan fingerprint density at radius 3 is 2.50 bits per heavy atom. The van der Waals surface area contributed by atoms with Crippen LogP contribution in [0.2, 0.25) is 0 Å². The summed E-state index contributed by atoms with van der Waals surface area (Å²) in [6, 6.07) is 8.64. The highest BCUT2D eigenvalue weighted by Crippen LogP contribution is 2.21. The Morgan fingerprint density at radius 1 is 1.28 bits per heavy atom. The Balaban J connectivity index is 2.21. The van der Waals surface area contributed by atoms with Crippen LogP contribution in [0.3, 0.4) is 0 Å². The van der Waals surface area contributed by atoms with Gasteiger partial charge in [0.2, 0.25) is 5.91 Å². The first kappa shape index (κ1) is 11.9. The highest BCUT2D eigenvalue weighted by molar-refractivity contribution is 5.93. The smallest absolute Gasteiger partial charge is 0.248 e. The molecule has 0 fully saturated rings. The summed E-state index contributed by atoms with van der Waals surface area (Å²) >= 11 is 0. The van der Waals surface area contributed by atoms with Crippen molar-refractivity contribution in [2.75, 3.05) is 11.1 Å². The number of hydrogen-bond acceptors (Lipinski definition) is 4. The standard InChI is InChI=1S/C13H14N4O/c1-8-6-11(14)13(16-7-8)17-10-4-2-9(3-5-10)12(15)18/h2-7H,14H2,1H3,(H2,15,18)(H,16,17). The first-order valence-electron chi connectivity index (χ1n) is 5.45. The van der Waals surface area contributed by atoms with Crippen LogP contribution in [0.1, 0.15) is 15.9 Å². The lowest BCUT2D eigenvalue weighted by molar-refractivity contribution is 0.100. The summed E-state index contributed by atoms with van der Waals surface area (Å²) in [5.74, 6) is 0.141. The third kappa shape index (κ3) is 2.57. The molecule has 0 saturated carbocycles. The number of hydrogen-bond donors (Lipinski definition) is 3. The minimum absolute atomic E-state index is 0.450. The molecule has 18 heavy (non-hydrogen) atoms. The summed E-state index contributed by atoms with van der Waals surface area (Å²) in [6.45, 7) is 1.93. The molecule has 0 aliphatic heterocycles. The van der Waals surface area contributed by atoms with Crippen LogP contribution in [-0.2, 0) is 0 Å². The lowest BCUT2D eigenvalue weighted by atomic mass is 10.2. The zero-order chi connectivity index (χ0) is 13.1. The summed E-state index contributed by atoms with van der Waals surface area (Å²) in [7, 11) is 0. The summed E-state index contributed by atoms with van der Waals surface area (Å²) in [5.41, 5.74) is 13.9. The van der Waals surface area contributed by atoms with Crippen molar-refractivity contribution >= 4 is 23.1 Å². The van der Waals surface area contributed by atoms with Gasteiger partial charge < -0.3 is 16.8 Å². The predicted molar refractivity (Wildman–Crippen MR) is 71.6 cm³/mol. The predicted octanol–water partition coefficient (Wildman–Crippen LogP) is 1.81. The van der Waals surface area contributed by atoms with Gasteiger partial charge in [0.15, 0.2) is 5.82 Å². The third-order valence-corrected chi connectivity index (χ3v) is 2.49. The molecule has 0 aliphatic carbocycles. The van der Waals surface area contributed by atoms with Crippen molar-refractivity contribution in [2.24, 2.45) is 5.73 Å². The van der Waals surface area contributed by atoms with E-state index in [0.29, 0.717) is 17.1 Å². The van der Waals surface area contributed by atoms with Gasteiger partial charge in [0, 0.05) is 17.4 Å². The van der Waals surface area contributed by atoms with Gasteiger partial charge in [-0.25, -0.2) is 4.98 Å². The van der Waals surface area contributed by atoms with Gasteiger partial charge in [0.1, 0.15) is 0 Å². The SMILES string of the molecule is Cc1cnc(Nc2ccc(C(N)=O)cc2)c(N)c1. The van der Waals surface area contributed by atoms with Gasteiger partial charge >= 0.3 is 0 Å². The van der Waals surface area contributed by atoms with Gasteiger partial charge in [-0.1, -0.05) is 0 Å². The normalized spacial score (nSPS) is 10.1. The molecule has 5 N–H and O–H groups in total. The maximum Gasteiger partial charge on any atom is 0.248 e. The second kappa shape index (κ2) is 4.75. The number of aromatic nitrogens is 1. The van der Waals surface area contributed by atoms with E-state index >= 15 is 0 Å². The number of nitrogens with zero attached hydrogens (tertiary/aromatic N) is 1. The van der Waals surface area contributed by atoms with Gasteiger partial charge in [-0.2, -0.15) is 0 Å². The fourth-order valence-corrected chi connectivity index (χ4v) is 1.55. The van der Waals surface area contributed by atoms with E-state index in [0.717, 1.165) is 11.3 Å². The van der Waals surface area contributed by atoms with E-state index in [1.165, 1.54) is 0 Å². The fraction of sp³-hybridized carbons (Fsp3) is 0.0769. The van der Waals surface area contributed by atoms with Crippen LogP contribution < -0.4 is 16.8 Å². The summed E-state index contributed by atoms with van der Waals surface area (Å²) in [6.07, 6.45) is 1.73. The molecule has 1 heterocycles. The van der Waals surface area contributed by atoms with Crippen molar-refractivity contribution in [1.82, 2.24) is 4.98 Å². The molecule has 92 valence electrons. The molecule has 2 rings (SSSR count). The van der Waals surface area contributed by atoms with Gasteiger partial charge in [-0.05, 0) is 42.8 Å². The molecule has 0 bridgehead atoms. The number of aryl methyl sites for hydroxylation is 1. The largest absolute Gasteiger partial charge is 0.396 e. The van der Waals surface area contributed by atoms with Crippen molar-refractivity contribution < 1.29 is 4.79 Å². The Morgan fingerprint density at radius 2 is 1.94 bits per heavy atom. The average molecular weight is 242 g/mol. The van der Waals surface area contributed by atoms with Crippen molar-refractivity contribution in [3.8, 4) is 0 Å². The lowest BCUT2D eigenvalue weighted by Gasteiger charge is -2.09. The summed E-state index contributed by atoms with van der Waals surface area (Å²) in [4.78, 5) is 15.1. The lowest BCUT2D eigenvalue weighted by Crippen LogP contribution is -2.10. The molecule has 0 saturated heterocycles. The molecular weight excluding hydrogens is 228 g/mol. The van der Waals surface area contributed by atoms with Crippen LogP contribution in [0.5, 0.6) is 0 Å². The van der Waals surface area contributed by atoms with Crippen LogP contribution in [0.4, 0.5) is 17.2 Å². The number of anilines is 3. The minimum atomic E-state index is -0.450. The Kier molecular flexibility index (Phi) is 3.14. The Bertz CT molecular complexity index is 578. The molecular formula is C13H14N4O. The Hall–Kier alpha value is -2.56. The van der Waals surface area contributed by atoms with E-state index in [1.54, 1.807) is 30.5 Å². The van der Waals surface area contributed by atoms with Crippen LogP contribution in [0.15, 0.2) is 36.5 Å². The molecule has 0 spiro atoms. The van der Waals surface area contributed by atoms with Crippen LogP contribution in [-0.4, -0.2) is 10.9 Å². The van der Waals surface area contributed by atoms with E-state index < -0.39 is 5.91 Å². The summed E-state index contributed by atoms with van der Waals surface area (Å²) in [5, 5.41) is 3.08. The number of nitrogens with one attached hydrogen (secondary N) is 1. The average Bonchev–Trinajstić information content (AvgIpc) is 2.33. The molecule has 5 nitrogen and oxygen atoms in total. The number of primary amides is 1. The molecule has 0 radical (unpaired) electrons. The van der Waals surface area contributed by atoms with Crippen LogP contribution >= 0.6 is 0 Å². The molecule has 1 aromatic carbocycles. The van der Waals surface area contributed by atoms with Gasteiger partial charge in [-0.15, -0.1) is 0 Å². The maximum atomic E-state index is 10.9. The number of rotatable bonds is 3. The molecule has 2 aromatic rings. The van der Waals surface area contributed by atoms with E-state index in [2.05, 4.69) is 10.3 Å². The molecule has 0 unspecified atom stereocenters. The van der Waals surface area contributed by atoms with E-state index in [4.69, 9.17) is 11.5 Å². The number of carbonyl (C=O) groups is 1. The number of carbonyl (C=O) groups excluding carboxylic acids is 1. The van der Waals surface area contributed by atoms with Gasteiger partial charge in [0.25, 0.3) is 0 Å². The molecule has 1 aromatic heterocycles. The second-order valence-electron chi connectivity index (χ2n) is 4.02. The fourth-order valence-electron chi connectivity index (χ4n) is 1.55. The van der Waals surface area contributed by atoms with E-state index in [1.807, 2.05) is 13.0 Å². The number of nitrogen functional groups attached to an aromatic ring is 1. The highest BCUT2D eigenvalue weighted by atomic mass is 16.1. The molecule has 5 heteroatoms. The van der Waals surface area contributed by atoms with E-state index in [9.17, 15) is 4.79 Å². The number of nitrogens with two attached hydrogens (primary N) is 2. The zero-order valence-corrected chi connectivity index (χ0v) is 9.97. The van der Waals surface area contributed by atoms with Crippen molar-refractivity contribution in [3.05, 3.63) is 47.7 Å². The van der Waals surface area contributed by atoms with Gasteiger partial charge in [-0.3, -0.25) is 4.79 Å². The molecule has 0 aliphatic rings. The summed E-state index contributed by atoms with van der Waals surface area (Å²) < 4.78 is 0. The number of amides is 1. The quantitative estimate of drug-likeness (QED) is 0.765. The van der Waals surface area contributed by atoms with E-state index in [-0.39, 0.29) is 0 Å². The number of benzene rings is 1. The number of pyridine rings is 1. The highest BCUT2D eigenvalue weighted by Gasteiger charge is 2.03. The minimum Gasteiger partial charge on any atom is -0.396 e. The van der Waals surface area contributed by atoms with Crippen LogP contribution in [0, 0.1) is 6.92 Å². The topological polar surface area (TPSA) is 94.0 Å². The van der Waals surface area contributed by atoms with Crippen molar-refractivity contribution in [3.63, 3.8) is 0 Å². The maximum absolute atomic E-state index is 10.9. The first-order chi connectivity index (χ1) is 8.56. The second-order valence-corrected chi connectivity index (χ2v) is 4.02. The first-order valence-corrected chi connectivity index (χ1v) is 5.45. The third-order valence-electron chi connectivity index (χ3n) is 2.49.